The summed E-state index contributed by atoms with van der Waals surface area (Å²) in [5.74, 6) is 2.50. The van der Waals surface area contributed by atoms with Crippen molar-refractivity contribution in [2.75, 3.05) is 23.4 Å². The molecule has 22 heteroatoms. The zero-order valence-electron chi connectivity index (χ0n) is 50.9. The Morgan fingerprint density at radius 3 is 2.30 bits per heavy atom. The van der Waals surface area contributed by atoms with Gasteiger partial charge in [0.25, 0.3) is 0 Å². The number of fused-ring (bicyclic) bond motifs is 9. The van der Waals surface area contributed by atoms with E-state index in [9.17, 15) is 64.2 Å². The molecule has 4 amide bonds. The van der Waals surface area contributed by atoms with Crippen LogP contribution in [0.15, 0.2) is 115 Å². The van der Waals surface area contributed by atoms with Crippen molar-refractivity contribution in [2.24, 2.45) is 34.0 Å². The highest BCUT2D eigenvalue weighted by atomic mass is 16.7. The minimum Gasteiger partial charge on any atom is -0.479 e. The Labute approximate surface area is 530 Å². The smallest absolute Gasteiger partial charge is 0.407 e. The number of hydrogen-bond donors (Lipinski definition) is 9. The van der Waals surface area contributed by atoms with E-state index in [4.69, 9.17) is 23.7 Å². The van der Waals surface area contributed by atoms with Gasteiger partial charge in [-0.2, -0.15) is 0 Å². The molecule has 8 fully saturated rings. The Kier molecular flexibility index (Phi) is 16.4. The van der Waals surface area contributed by atoms with Crippen LogP contribution in [0.25, 0.3) is 0 Å². The van der Waals surface area contributed by atoms with Gasteiger partial charge in [-0.15, -0.1) is 0 Å². The number of aliphatic hydroxyl groups excluding tert-OH is 5. The minimum atomic E-state index is -1.99. The monoisotopic (exact) mass is 1260 g/mol. The molecule has 2 bridgehead atoms. The molecule has 92 heavy (non-hydrogen) atoms. The van der Waals surface area contributed by atoms with Crippen LogP contribution in [0.4, 0.5) is 16.2 Å². The first-order valence-corrected chi connectivity index (χ1v) is 31.5. The highest BCUT2D eigenvalue weighted by molar-refractivity contribution is 6.01. The van der Waals surface area contributed by atoms with Crippen LogP contribution in [0.2, 0.25) is 0 Å². The van der Waals surface area contributed by atoms with Gasteiger partial charge in [0.05, 0.1) is 30.1 Å². The third-order valence-electron chi connectivity index (χ3n) is 21.3. The van der Waals surface area contributed by atoms with E-state index in [0.717, 1.165) is 40.7 Å². The lowest BCUT2D eigenvalue weighted by Gasteiger charge is -2.70. The molecule has 3 heterocycles. The van der Waals surface area contributed by atoms with Gasteiger partial charge in [-0.05, 0) is 128 Å². The van der Waals surface area contributed by atoms with Gasteiger partial charge in [0.1, 0.15) is 37.3 Å². The number of aliphatic carboxylic acids is 1. The normalized spacial score (nSPS) is 34.1. The number of amides is 4. The molecular formula is C70H74N4O18. The van der Waals surface area contributed by atoms with Crippen molar-refractivity contribution in [3.63, 3.8) is 0 Å². The fourth-order valence-electron chi connectivity index (χ4n) is 17.1. The quantitative estimate of drug-likeness (QED) is 0.0584. The van der Waals surface area contributed by atoms with Crippen molar-refractivity contribution in [1.29, 1.82) is 0 Å². The predicted molar refractivity (Wildman–Crippen MR) is 326 cm³/mol. The van der Waals surface area contributed by atoms with Crippen LogP contribution in [-0.4, -0.2) is 139 Å². The molecule has 0 radical (unpaired) electrons. The first kappa shape index (κ1) is 62.7. The van der Waals surface area contributed by atoms with Crippen molar-refractivity contribution >= 4 is 52.7 Å². The lowest BCUT2D eigenvalue weighted by molar-refractivity contribution is -0.271. The van der Waals surface area contributed by atoms with Crippen LogP contribution < -0.4 is 25.6 Å². The SMILES string of the molecule is C[C@]12C=CC(=O)C=C1CC[C@@H]1[C@@H]2[C@@H](O)C[C@@]2(C)[C@H]1C[C@H]1O[C@H](c3ccc(CC45CC(NC(=O)OCc6ccc(O[C@@H]7O[C@H](C(=O)O)[C@@H](O)[C@H](O)[C@H]7O)c(NC(=O)CCNC(=O)CCC(=O)N7Cc8ccccc8C#Cc8ccccc87)c6)(C4)C5)cc3)O[C@]12C(=O)CO. The van der Waals surface area contributed by atoms with Gasteiger partial charge in [0.2, 0.25) is 24.0 Å². The van der Waals surface area contributed by atoms with E-state index in [1.165, 1.54) is 18.2 Å². The molecular weight excluding hydrogens is 1180 g/mol. The summed E-state index contributed by atoms with van der Waals surface area (Å²) >= 11 is 0. The Bertz CT molecular complexity index is 3780. The first-order valence-electron chi connectivity index (χ1n) is 31.5. The van der Waals surface area contributed by atoms with Gasteiger partial charge in [-0.25, -0.2) is 9.59 Å². The summed E-state index contributed by atoms with van der Waals surface area (Å²) in [5, 5.41) is 72.1. The number of carbonyl (C=O) groups excluding carboxylic acids is 6. The van der Waals surface area contributed by atoms with E-state index >= 15 is 0 Å². The molecule has 0 spiro atoms. The number of para-hydroxylation sites is 1. The molecule has 3 aliphatic heterocycles. The average molecular weight is 1260 g/mol. The van der Waals surface area contributed by atoms with Gasteiger partial charge in [-0.3, -0.25) is 24.0 Å². The van der Waals surface area contributed by atoms with Crippen molar-refractivity contribution < 1.29 is 87.9 Å². The zero-order valence-corrected chi connectivity index (χ0v) is 50.9. The van der Waals surface area contributed by atoms with Gasteiger partial charge in [-0.1, -0.05) is 98.0 Å². The molecule has 6 saturated carbocycles. The van der Waals surface area contributed by atoms with E-state index in [0.29, 0.717) is 48.9 Å². The topological polar surface area (TPSA) is 326 Å². The molecule has 9 N–H and O–H groups in total. The second kappa shape index (κ2) is 24.1. The highest BCUT2D eigenvalue weighted by Gasteiger charge is 2.76. The number of rotatable bonds is 18. The second-order valence-corrected chi connectivity index (χ2v) is 27.0. The summed E-state index contributed by atoms with van der Waals surface area (Å²) in [6.07, 6.45) is -2.84. The van der Waals surface area contributed by atoms with E-state index in [-0.39, 0.29) is 91.7 Å². The number of allylic oxidation sites excluding steroid dienone is 4. The Balaban J connectivity index is 0.603. The van der Waals surface area contributed by atoms with Crippen LogP contribution in [0.1, 0.15) is 118 Å². The molecule has 4 aromatic rings. The van der Waals surface area contributed by atoms with Gasteiger partial charge < -0.3 is 75.2 Å². The summed E-state index contributed by atoms with van der Waals surface area (Å²) in [4.78, 5) is 93.7. The fraction of sp³-hybridized carbons (Fsp3) is 0.471. The molecule has 0 aromatic heterocycles. The van der Waals surface area contributed by atoms with Crippen molar-refractivity contribution in [1.82, 2.24) is 10.6 Å². The number of aliphatic hydroxyl groups is 5. The van der Waals surface area contributed by atoms with Crippen LogP contribution >= 0.6 is 0 Å². The van der Waals surface area contributed by atoms with E-state index in [1.54, 1.807) is 23.1 Å². The molecule has 2 saturated heterocycles. The van der Waals surface area contributed by atoms with Crippen LogP contribution in [0.5, 0.6) is 5.75 Å². The number of carboxylic acids is 1. The second-order valence-electron chi connectivity index (χ2n) is 27.0. The van der Waals surface area contributed by atoms with E-state index in [1.807, 2.05) is 79.7 Å². The number of hydrogen-bond acceptors (Lipinski definition) is 17. The molecule has 0 unspecified atom stereocenters. The third kappa shape index (κ3) is 11.1. The Morgan fingerprint density at radius 1 is 0.815 bits per heavy atom. The van der Waals surface area contributed by atoms with Gasteiger partial charge in [0, 0.05) is 64.8 Å². The molecule has 482 valence electrons. The predicted octanol–water partition coefficient (Wildman–Crippen LogP) is 5.12. The van der Waals surface area contributed by atoms with Gasteiger partial charge in [0.15, 0.2) is 29.6 Å². The maximum atomic E-state index is 14.1. The lowest BCUT2D eigenvalue weighted by atomic mass is 9.38. The molecule has 4 aromatic carbocycles. The summed E-state index contributed by atoms with van der Waals surface area (Å²) < 4.78 is 30.3. The summed E-state index contributed by atoms with van der Waals surface area (Å²) in [7, 11) is 0. The Morgan fingerprint density at radius 2 is 1.54 bits per heavy atom. The number of nitrogens with one attached hydrogen (secondary N) is 3. The van der Waals surface area contributed by atoms with Gasteiger partial charge >= 0.3 is 12.1 Å². The number of alkyl carbamates (subject to hydrolysis) is 1. The number of ketones is 2. The first-order chi connectivity index (χ1) is 44.0. The van der Waals surface area contributed by atoms with E-state index < -0.39 is 107 Å². The minimum absolute atomic E-state index is 0.0315. The summed E-state index contributed by atoms with van der Waals surface area (Å²) in [6.45, 7) is 3.22. The number of benzene rings is 4. The van der Waals surface area contributed by atoms with E-state index in [2.05, 4.69) is 34.7 Å². The zero-order chi connectivity index (χ0) is 64.6. The number of nitrogens with zero attached hydrogens (tertiary/aromatic N) is 1. The standard InChI is InChI=1S/C70H74N4O18/c1-66-25-23-45(76)28-44(66)18-19-46-47-29-53-70(52(78)33-75,67(47,2)31-50(77)57(46)66)92-63(90-53)42-14-11-38(12-15-42)30-68-35-69(36-68,37-68)73-65(87)88-34-39-13-20-51(89-64-60(84)58(82)59(83)61(91-64)62(85)86)48(27-39)72-55(80)24-26-71-54(79)21-22-56(81)74-32-43-9-4-3-7-40(43)16-17-41-8-5-6-10-49(41)74/h3-15,20,23,25,27-28,46-47,50,53,57-61,63-64,75,77,82-84H,18-19,21-22,24,26,29-37H2,1-2H3,(H,71,79)(H,72,80)(H,73,87)(H,85,86)/t46-,47-,50-,53+,57+,58-,59-,60+,61-,63-,64+,66-,67-,68?,69?,70+/m0/s1. The number of carboxylic acid groups (broad SMARTS) is 1. The number of ether oxygens (including phenoxy) is 5. The van der Waals surface area contributed by atoms with Crippen LogP contribution in [-0.2, 0) is 67.3 Å². The third-order valence-corrected chi connectivity index (χ3v) is 21.3. The lowest BCUT2D eigenvalue weighted by Crippen LogP contribution is -2.75. The van der Waals surface area contributed by atoms with Crippen molar-refractivity contribution in [3.05, 3.63) is 148 Å². The number of anilines is 2. The average Bonchev–Trinajstić information content (AvgIpc) is 1.08. The maximum absolute atomic E-state index is 14.1. The van der Waals surface area contributed by atoms with Crippen LogP contribution in [0, 0.1) is 45.8 Å². The van der Waals surface area contributed by atoms with Crippen LogP contribution in [0.3, 0.4) is 0 Å². The molecule has 7 aliphatic carbocycles. The van der Waals surface area contributed by atoms with Crippen molar-refractivity contribution in [3.8, 4) is 17.6 Å². The molecule has 14 atom stereocenters. The highest BCUT2D eigenvalue weighted by Crippen LogP contribution is 2.71. The molecule has 22 nitrogen and oxygen atoms in total. The molecule has 10 aliphatic rings. The number of carbonyl (C=O) groups is 7. The fourth-order valence-corrected chi connectivity index (χ4v) is 17.1. The number of Topliss-reactive ketones (excluding diaryl/α,β-unsaturated/α-hetero) is 1. The summed E-state index contributed by atoms with van der Waals surface area (Å²) in [5.41, 5.74) is 2.80. The molecule has 14 rings (SSSR count). The maximum Gasteiger partial charge on any atom is 0.407 e. The summed E-state index contributed by atoms with van der Waals surface area (Å²) in [6, 6.07) is 27.0. The van der Waals surface area contributed by atoms with Crippen molar-refractivity contribution in [2.45, 2.75) is 158 Å². The Hall–Kier alpha value is -8.11. The largest absolute Gasteiger partial charge is 0.479 e.